The Kier molecular flexibility index (Phi) is 6.95. The normalized spacial score (nSPS) is 15.2. The molecule has 7 nitrogen and oxygen atoms in total. The van der Waals surface area contributed by atoms with Crippen molar-refractivity contribution < 1.29 is 9.59 Å². The van der Waals surface area contributed by atoms with Crippen molar-refractivity contribution >= 4 is 50.9 Å². The Bertz CT molecular complexity index is 1110. The van der Waals surface area contributed by atoms with E-state index >= 15 is 0 Å². The van der Waals surface area contributed by atoms with E-state index in [4.69, 9.17) is 10.7 Å². The van der Waals surface area contributed by atoms with E-state index in [1.54, 1.807) is 18.3 Å². The average molecular weight is 470 g/mol. The van der Waals surface area contributed by atoms with E-state index in [1.807, 2.05) is 35.2 Å². The van der Waals surface area contributed by atoms with Gasteiger partial charge in [0.05, 0.1) is 17.1 Å². The zero-order valence-electron chi connectivity index (χ0n) is 18.3. The highest BCUT2D eigenvalue weighted by molar-refractivity contribution is 8.00. The van der Waals surface area contributed by atoms with Crippen molar-refractivity contribution in [2.75, 3.05) is 31.1 Å². The Balaban J connectivity index is 1.52. The molecule has 0 saturated carbocycles. The maximum atomic E-state index is 12.7. The van der Waals surface area contributed by atoms with Gasteiger partial charge in [0.1, 0.15) is 10.6 Å². The summed E-state index contributed by atoms with van der Waals surface area (Å²) in [5.41, 5.74) is 6.48. The number of amides is 2. The van der Waals surface area contributed by atoms with Gasteiger partial charge in [0.25, 0.3) is 0 Å². The van der Waals surface area contributed by atoms with Crippen LogP contribution in [0.15, 0.2) is 41.6 Å². The van der Waals surface area contributed by atoms with Gasteiger partial charge in [-0.15, -0.1) is 11.3 Å². The molecule has 4 rings (SSSR count). The average Bonchev–Trinajstić information content (AvgIpc) is 3.22. The fourth-order valence-electron chi connectivity index (χ4n) is 3.67. The lowest BCUT2D eigenvalue weighted by atomic mass is 10.1. The molecule has 3 heterocycles. The smallest absolute Gasteiger partial charge is 0.230 e. The molecule has 1 aliphatic heterocycles. The van der Waals surface area contributed by atoms with E-state index in [0.29, 0.717) is 37.8 Å². The molecule has 2 N–H and O–H groups in total. The third-order valence-corrected chi connectivity index (χ3v) is 7.72. The van der Waals surface area contributed by atoms with Crippen LogP contribution in [0.1, 0.15) is 24.3 Å². The van der Waals surface area contributed by atoms with Crippen molar-refractivity contribution in [1.82, 2.24) is 14.9 Å². The first-order chi connectivity index (χ1) is 15.4. The third-order valence-electron chi connectivity index (χ3n) is 5.56. The van der Waals surface area contributed by atoms with Gasteiger partial charge in [0.2, 0.25) is 11.8 Å². The molecule has 3 aromatic rings. The lowest BCUT2D eigenvalue weighted by molar-refractivity contribution is -0.130. The van der Waals surface area contributed by atoms with Gasteiger partial charge in [-0.3, -0.25) is 9.59 Å². The number of thiophene rings is 1. The number of fused-ring (bicyclic) bond motifs is 1. The van der Waals surface area contributed by atoms with Crippen LogP contribution in [-0.4, -0.2) is 58.1 Å². The molecule has 1 aliphatic rings. The summed E-state index contributed by atoms with van der Waals surface area (Å²) < 4.78 is 0. The number of thioether (sulfide) groups is 1. The molecule has 2 aromatic heterocycles. The Morgan fingerprint density at radius 3 is 2.53 bits per heavy atom. The molecule has 32 heavy (non-hydrogen) atoms. The summed E-state index contributed by atoms with van der Waals surface area (Å²) in [5.74, 6) is 0.644. The van der Waals surface area contributed by atoms with Crippen molar-refractivity contribution in [3.63, 3.8) is 0 Å². The number of nitrogens with two attached hydrogens (primary N) is 1. The van der Waals surface area contributed by atoms with E-state index < -0.39 is 5.25 Å². The van der Waals surface area contributed by atoms with Gasteiger partial charge in [-0.1, -0.05) is 49.0 Å². The van der Waals surface area contributed by atoms with E-state index in [9.17, 15) is 9.59 Å². The first kappa shape index (κ1) is 22.5. The van der Waals surface area contributed by atoms with Crippen LogP contribution < -0.4 is 10.6 Å². The molecule has 0 spiro atoms. The highest BCUT2D eigenvalue weighted by Crippen LogP contribution is 2.34. The van der Waals surface area contributed by atoms with Crippen molar-refractivity contribution in [3.05, 3.63) is 46.8 Å². The van der Waals surface area contributed by atoms with Gasteiger partial charge >= 0.3 is 0 Å². The number of aromatic nitrogens is 2. The zero-order valence-corrected chi connectivity index (χ0v) is 19.9. The van der Waals surface area contributed by atoms with Crippen molar-refractivity contribution in [2.45, 2.75) is 37.1 Å². The summed E-state index contributed by atoms with van der Waals surface area (Å²) in [6.07, 6.45) is 1.36. The van der Waals surface area contributed by atoms with E-state index in [-0.39, 0.29) is 11.8 Å². The number of rotatable bonds is 7. The molecule has 0 radical (unpaired) electrons. The molecule has 1 saturated heterocycles. The molecule has 1 fully saturated rings. The predicted octanol–water partition coefficient (Wildman–Crippen LogP) is 3.11. The first-order valence-corrected chi connectivity index (χ1v) is 12.5. The van der Waals surface area contributed by atoms with Crippen LogP contribution in [0, 0.1) is 0 Å². The molecular formula is C23H27N5O2S2. The maximum absolute atomic E-state index is 12.7. The van der Waals surface area contributed by atoms with Crippen molar-refractivity contribution in [3.8, 4) is 0 Å². The minimum atomic E-state index is -0.404. The molecule has 1 aromatic carbocycles. The van der Waals surface area contributed by atoms with Gasteiger partial charge in [-0.2, -0.15) is 0 Å². The van der Waals surface area contributed by atoms with Crippen molar-refractivity contribution in [2.24, 2.45) is 5.73 Å². The van der Waals surface area contributed by atoms with Crippen LogP contribution in [0.4, 0.5) is 5.82 Å². The number of primary amides is 1. The SMILES string of the molecule is CCc1cc2c(N3CCN(C(=O)Cc4ccccc4)CC3)nc(SC(C)C(N)=O)nc2s1. The molecule has 9 heteroatoms. The van der Waals surface area contributed by atoms with Crippen LogP contribution in [0.3, 0.4) is 0 Å². The fraction of sp³-hybridized carbons (Fsp3) is 0.391. The number of benzene rings is 1. The summed E-state index contributed by atoms with van der Waals surface area (Å²) in [6, 6.07) is 12.0. The minimum absolute atomic E-state index is 0.152. The molecule has 1 atom stereocenters. The topological polar surface area (TPSA) is 92.4 Å². The molecule has 0 aliphatic carbocycles. The molecule has 1 unspecified atom stereocenters. The monoisotopic (exact) mass is 469 g/mol. The summed E-state index contributed by atoms with van der Waals surface area (Å²) in [4.78, 5) is 40.1. The number of piperazine rings is 1. The van der Waals surface area contributed by atoms with Crippen molar-refractivity contribution in [1.29, 1.82) is 0 Å². The molecular weight excluding hydrogens is 442 g/mol. The Labute approximate surface area is 196 Å². The number of carbonyl (C=O) groups is 2. The van der Waals surface area contributed by atoms with Crippen LogP contribution in [0.2, 0.25) is 0 Å². The molecule has 168 valence electrons. The lowest BCUT2D eigenvalue weighted by Crippen LogP contribution is -2.49. The van der Waals surface area contributed by atoms with E-state index in [1.165, 1.54) is 16.6 Å². The highest BCUT2D eigenvalue weighted by atomic mass is 32.2. The second-order valence-electron chi connectivity index (χ2n) is 7.81. The third kappa shape index (κ3) is 5.05. The first-order valence-electron chi connectivity index (χ1n) is 10.8. The van der Waals surface area contributed by atoms with E-state index in [2.05, 4.69) is 22.9 Å². The number of hydrogen-bond donors (Lipinski definition) is 1. The van der Waals surface area contributed by atoms with Gasteiger partial charge in [0, 0.05) is 31.1 Å². The molecule has 2 amide bonds. The number of anilines is 1. The largest absolute Gasteiger partial charge is 0.369 e. The Morgan fingerprint density at radius 1 is 1.16 bits per heavy atom. The van der Waals surface area contributed by atoms with Crippen LogP contribution >= 0.6 is 23.1 Å². The summed E-state index contributed by atoms with van der Waals surface area (Å²) in [5, 5.41) is 1.19. The molecule has 0 bridgehead atoms. The zero-order chi connectivity index (χ0) is 22.7. The van der Waals surface area contributed by atoms with Gasteiger partial charge in [-0.25, -0.2) is 9.97 Å². The quantitative estimate of drug-likeness (QED) is 0.422. The van der Waals surface area contributed by atoms with Crippen LogP contribution in [0.25, 0.3) is 10.2 Å². The van der Waals surface area contributed by atoms with Crippen LogP contribution in [0.5, 0.6) is 0 Å². The van der Waals surface area contributed by atoms with Gasteiger partial charge in [-0.05, 0) is 25.0 Å². The predicted molar refractivity (Wildman–Crippen MR) is 130 cm³/mol. The summed E-state index contributed by atoms with van der Waals surface area (Å²) in [7, 11) is 0. The number of carbonyl (C=O) groups excluding carboxylic acids is 2. The minimum Gasteiger partial charge on any atom is -0.369 e. The van der Waals surface area contributed by atoms with Gasteiger partial charge < -0.3 is 15.5 Å². The fourth-order valence-corrected chi connectivity index (χ4v) is 5.41. The number of aryl methyl sites for hydroxylation is 1. The number of nitrogens with zero attached hydrogens (tertiary/aromatic N) is 4. The summed E-state index contributed by atoms with van der Waals surface area (Å²) >= 11 is 2.95. The Hall–Kier alpha value is -2.65. The second-order valence-corrected chi connectivity index (χ2v) is 10.2. The van der Waals surface area contributed by atoms with E-state index in [0.717, 1.165) is 28.0 Å². The highest BCUT2D eigenvalue weighted by Gasteiger charge is 2.25. The standard InChI is InChI=1S/C23H27N5O2S2/c1-3-17-14-18-21(25-23(26-22(18)32-17)31-15(2)20(24)30)28-11-9-27(10-12-28)19(29)13-16-7-5-4-6-8-16/h4-8,14-15H,3,9-13H2,1-2H3,(H2,24,30). The van der Waals surface area contributed by atoms with Gasteiger partial charge in [0.15, 0.2) is 5.16 Å². The Morgan fingerprint density at radius 2 is 1.88 bits per heavy atom. The number of hydrogen-bond acceptors (Lipinski definition) is 7. The lowest BCUT2D eigenvalue weighted by Gasteiger charge is -2.35. The second kappa shape index (κ2) is 9.87. The maximum Gasteiger partial charge on any atom is 0.230 e. The van der Waals surface area contributed by atoms with Crippen LogP contribution in [-0.2, 0) is 22.4 Å². The summed E-state index contributed by atoms with van der Waals surface area (Å²) in [6.45, 7) is 6.62.